The number of rotatable bonds is 2. The summed E-state index contributed by atoms with van der Waals surface area (Å²) in [6, 6.07) is 0. The van der Waals surface area contributed by atoms with Crippen LogP contribution in [-0.2, 0) is 0 Å². The standard InChI is InChI=1S/C9H15NO2/c1-8(10(11)12)7-9-5-3-2-4-6-9/h7,9H,2-6H2,1H3/b8-7+. The molecule has 0 aromatic carbocycles. The molecule has 0 aromatic rings. The zero-order valence-electron chi connectivity index (χ0n) is 7.45. The fourth-order valence-electron chi connectivity index (χ4n) is 1.70. The van der Waals surface area contributed by atoms with Gasteiger partial charge in [0.05, 0.1) is 4.92 Å². The van der Waals surface area contributed by atoms with Gasteiger partial charge in [0.25, 0.3) is 0 Å². The van der Waals surface area contributed by atoms with Crippen LogP contribution in [0.1, 0.15) is 39.0 Å². The Morgan fingerprint density at radius 3 is 2.50 bits per heavy atom. The molecule has 0 heterocycles. The van der Waals surface area contributed by atoms with Gasteiger partial charge in [0.15, 0.2) is 0 Å². The van der Waals surface area contributed by atoms with E-state index in [4.69, 9.17) is 0 Å². The monoisotopic (exact) mass is 169 g/mol. The maximum Gasteiger partial charge on any atom is 0.239 e. The molecule has 0 spiro atoms. The molecule has 0 aliphatic heterocycles. The van der Waals surface area contributed by atoms with E-state index in [-0.39, 0.29) is 4.92 Å². The van der Waals surface area contributed by atoms with Gasteiger partial charge < -0.3 is 0 Å². The maximum absolute atomic E-state index is 10.3. The van der Waals surface area contributed by atoms with Gasteiger partial charge >= 0.3 is 0 Å². The summed E-state index contributed by atoms with van der Waals surface area (Å²) in [6.45, 7) is 1.58. The van der Waals surface area contributed by atoms with Crippen molar-refractivity contribution in [1.82, 2.24) is 0 Å². The van der Waals surface area contributed by atoms with Crippen molar-refractivity contribution in [3.63, 3.8) is 0 Å². The van der Waals surface area contributed by atoms with Gasteiger partial charge in [-0.05, 0) is 24.8 Å². The minimum Gasteiger partial charge on any atom is -0.259 e. The largest absolute Gasteiger partial charge is 0.259 e. The van der Waals surface area contributed by atoms with Crippen molar-refractivity contribution in [2.45, 2.75) is 39.0 Å². The average molecular weight is 169 g/mol. The smallest absolute Gasteiger partial charge is 0.239 e. The highest BCUT2D eigenvalue weighted by atomic mass is 16.6. The normalized spacial score (nSPS) is 20.9. The van der Waals surface area contributed by atoms with E-state index in [0.29, 0.717) is 11.6 Å². The lowest BCUT2D eigenvalue weighted by atomic mass is 9.89. The van der Waals surface area contributed by atoms with Crippen LogP contribution < -0.4 is 0 Å². The van der Waals surface area contributed by atoms with Gasteiger partial charge in [0.1, 0.15) is 0 Å². The van der Waals surface area contributed by atoms with Crippen molar-refractivity contribution in [2.24, 2.45) is 5.92 Å². The third-order valence-electron chi connectivity index (χ3n) is 2.41. The van der Waals surface area contributed by atoms with Crippen LogP contribution in [0.5, 0.6) is 0 Å². The van der Waals surface area contributed by atoms with Crippen molar-refractivity contribution < 1.29 is 4.92 Å². The number of nitro groups is 1. The molecule has 0 amide bonds. The van der Waals surface area contributed by atoms with Crippen LogP contribution in [0.3, 0.4) is 0 Å². The molecule has 1 saturated carbocycles. The summed E-state index contributed by atoms with van der Waals surface area (Å²) in [6.07, 6.45) is 7.83. The van der Waals surface area contributed by atoms with Crippen LogP contribution in [0.2, 0.25) is 0 Å². The second kappa shape index (κ2) is 4.24. The van der Waals surface area contributed by atoms with Gasteiger partial charge in [-0.15, -0.1) is 0 Å². The Morgan fingerprint density at radius 2 is 2.00 bits per heavy atom. The number of allylic oxidation sites excluding steroid dienone is 2. The molecule has 1 rings (SSSR count). The van der Waals surface area contributed by atoms with Crippen molar-refractivity contribution >= 4 is 0 Å². The Bertz CT molecular complexity index is 193. The summed E-state index contributed by atoms with van der Waals surface area (Å²) in [5.74, 6) is 0.462. The van der Waals surface area contributed by atoms with Crippen LogP contribution in [-0.4, -0.2) is 4.92 Å². The number of nitrogens with zero attached hydrogens (tertiary/aromatic N) is 1. The van der Waals surface area contributed by atoms with E-state index in [2.05, 4.69) is 0 Å². The second-order valence-electron chi connectivity index (χ2n) is 3.46. The Labute approximate surface area is 72.6 Å². The van der Waals surface area contributed by atoms with Gasteiger partial charge in [-0.1, -0.05) is 19.3 Å². The lowest BCUT2D eigenvalue weighted by molar-refractivity contribution is -0.424. The summed E-state index contributed by atoms with van der Waals surface area (Å²) >= 11 is 0. The molecule has 0 bridgehead atoms. The van der Waals surface area contributed by atoms with E-state index < -0.39 is 0 Å². The fourth-order valence-corrected chi connectivity index (χ4v) is 1.70. The van der Waals surface area contributed by atoms with E-state index in [0.717, 1.165) is 12.8 Å². The molecule has 3 nitrogen and oxygen atoms in total. The first kappa shape index (κ1) is 9.23. The van der Waals surface area contributed by atoms with Crippen molar-refractivity contribution in [3.8, 4) is 0 Å². The lowest BCUT2D eigenvalue weighted by Gasteiger charge is -2.17. The van der Waals surface area contributed by atoms with Gasteiger partial charge in [-0.3, -0.25) is 10.1 Å². The topological polar surface area (TPSA) is 43.1 Å². The SMILES string of the molecule is C/C(=C\C1CCCCC1)[N+](=O)[O-]. The molecule has 12 heavy (non-hydrogen) atoms. The molecule has 0 aromatic heterocycles. The Morgan fingerprint density at radius 1 is 1.42 bits per heavy atom. The predicted molar refractivity (Wildman–Crippen MR) is 47.3 cm³/mol. The van der Waals surface area contributed by atoms with Crippen LogP contribution in [0.25, 0.3) is 0 Å². The van der Waals surface area contributed by atoms with E-state index >= 15 is 0 Å². The zero-order valence-corrected chi connectivity index (χ0v) is 7.45. The zero-order chi connectivity index (χ0) is 8.97. The minimum absolute atomic E-state index is 0.297. The van der Waals surface area contributed by atoms with Gasteiger partial charge in [-0.25, -0.2) is 0 Å². The Hall–Kier alpha value is -0.860. The first-order valence-electron chi connectivity index (χ1n) is 4.53. The Kier molecular flexibility index (Phi) is 3.26. The van der Waals surface area contributed by atoms with Crippen LogP contribution in [0, 0.1) is 16.0 Å². The summed E-state index contributed by atoms with van der Waals surface area (Å²) in [5, 5.41) is 10.3. The predicted octanol–water partition coefficient (Wildman–Crippen LogP) is 2.75. The molecule has 3 heteroatoms. The fraction of sp³-hybridized carbons (Fsp3) is 0.778. The summed E-state index contributed by atoms with van der Waals surface area (Å²) < 4.78 is 0. The van der Waals surface area contributed by atoms with E-state index in [1.54, 1.807) is 6.92 Å². The summed E-state index contributed by atoms with van der Waals surface area (Å²) in [7, 11) is 0. The third-order valence-corrected chi connectivity index (χ3v) is 2.41. The number of hydrogen-bond acceptors (Lipinski definition) is 2. The molecular weight excluding hydrogens is 154 g/mol. The molecule has 68 valence electrons. The van der Waals surface area contributed by atoms with Gasteiger partial charge in [0.2, 0.25) is 5.70 Å². The average Bonchev–Trinajstić information content (AvgIpc) is 2.06. The molecule has 0 unspecified atom stereocenters. The molecule has 0 saturated heterocycles. The molecule has 1 aliphatic rings. The maximum atomic E-state index is 10.3. The highest BCUT2D eigenvalue weighted by Crippen LogP contribution is 2.25. The summed E-state index contributed by atoms with van der Waals surface area (Å²) in [4.78, 5) is 10.0. The van der Waals surface area contributed by atoms with Crippen molar-refractivity contribution in [1.29, 1.82) is 0 Å². The Balaban J connectivity index is 2.47. The van der Waals surface area contributed by atoms with E-state index in [1.165, 1.54) is 19.3 Å². The van der Waals surface area contributed by atoms with E-state index in [1.807, 2.05) is 6.08 Å². The summed E-state index contributed by atoms with van der Waals surface area (Å²) in [5.41, 5.74) is 0.307. The van der Waals surface area contributed by atoms with Crippen LogP contribution in [0.15, 0.2) is 11.8 Å². The third kappa shape index (κ3) is 2.64. The second-order valence-corrected chi connectivity index (χ2v) is 3.46. The van der Waals surface area contributed by atoms with Gasteiger partial charge in [0, 0.05) is 6.92 Å². The van der Waals surface area contributed by atoms with Gasteiger partial charge in [-0.2, -0.15) is 0 Å². The van der Waals surface area contributed by atoms with Crippen molar-refractivity contribution in [3.05, 3.63) is 21.9 Å². The van der Waals surface area contributed by atoms with Crippen LogP contribution >= 0.6 is 0 Å². The lowest BCUT2D eigenvalue weighted by Crippen LogP contribution is -2.05. The number of hydrogen-bond donors (Lipinski definition) is 0. The molecule has 0 atom stereocenters. The van der Waals surface area contributed by atoms with Crippen molar-refractivity contribution in [2.75, 3.05) is 0 Å². The minimum atomic E-state index is -0.297. The van der Waals surface area contributed by atoms with E-state index in [9.17, 15) is 10.1 Å². The molecule has 0 radical (unpaired) electrons. The molecule has 0 N–H and O–H groups in total. The first-order chi connectivity index (χ1) is 5.70. The highest BCUT2D eigenvalue weighted by molar-refractivity contribution is 4.93. The quantitative estimate of drug-likeness (QED) is 0.471. The van der Waals surface area contributed by atoms with Crippen LogP contribution in [0.4, 0.5) is 0 Å². The molecule has 1 fully saturated rings. The highest BCUT2D eigenvalue weighted by Gasteiger charge is 2.13. The molecule has 1 aliphatic carbocycles. The first-order valence-corrected chi connectivity index (χ1v) is 4.53. The molecular formula is C9H15NO2.